The molecule has 3 atom stereocenters. The quantitative estimate of drug-likeness (QED) is 0.778. The summed E-state index contributed by atoms with van der Waals surface area (Å²) in [7, 11) is 0. The SMILES string of the molecule is CCC(NC1(C(=O)O)CCCCC1C)C(C)C. The van der Waals surface area contributed by atoms with Crippen LogP contribution in [0.3, 0.4) is 0 Å². The number of hydrogen-bond donors (Lipinski definition) is 2. The molecule has 1 aliphatic rings. The minimum atomic E-state index is -0.691. The van der Waals surface area contributed by atoms with E-state index in [0.717, 1.165) is 32.1 Å². The summed E-state index contributed by atoms with van der Waals surface area (Å²) >= 11 is 0. The van der Waals surface area contributed by atoms with E-state index in [1.165, 1.54) is 0 Å². The smallest absolute Gasteiger partial charge is 0.324 e. The van der Waals surface area contributed by atoms with Gasteiger partial charge in [0.05, 0.1) is 0 Å². The highest BCUT2D eigenvalue weighted by molar-refractivity contribution is 5.79. The van der Waals surface area contributed by atoms with Crippen LogP contribution in [0, 0.1) is 11.8 Å². The molecular weight excluding hydrogens is 214 g/mol. The normalized spacial score (nSPS) is 31.5. The van der Waals surface area contributed by atoms with Gasteiger partial charge in [-0.3, -0.25) is 10.1 Å². The third kappa shape index (κ3) is 3.01. The first kappa shape index (κ1) is 14.5. The van der Waals surface area contributed by atoms with E-state index in [0.29, 0.717) is 12.0 Å². The first-order valence-corrected chi connectivity index (χ1v) is 6.95. The number of carboxylic acid groups (broad SMARTS) is 1. The molecule has 0 bridgehead atoms. The summed E-state index contributed by atoms with van der Waals surface area (Å²) in [6.07, 6.45) is 4.97. The van der Waals surface area contributed by atoms with Crippen LogP contribution in [0.5, 0.6) is 0 Å². The Morgan fingerprint density at radius 1 is 1.47 bits per heavy atom. The van der Waals surface area contributed by atoms with Crippen LogP contribution < -0.4 is 5.32 Å². The Kier molecular flexibility index (Phi) is 4.99. The summed E-state index contributed by atoms with van der Waals surface area (Å²) in [5.74, 6) is 0.0377. The van der Waals surface area contributed by atoms with Crippen molar-refractivity contribution in [1.82, 2.24) is 5.32 Å². The number of nitrogens with one attached hydrogen (secondary N) is 1. The lowest BCUT2D eigenvalue weighted by atomic mass is 9.72. The summed E-state index contributed by atoms with van der Waals surface area (Å²) in [5, 5.41) is 13.1. The standard InChI is InChI=1S/C14H27NO2/c1-5-12(10(2)3)15-14(13(16)17)9-7-6-8-11(14)4/h10-12,15H,5-9H2,1-4H3,(H,16,17). The molecule has 0 aromatic heterocycles. The molecule has 0 spiro atoms. The molecule has 0 saturated heterocycles. The van der Waals surface area contributed by atoms with Crippen molar-refractivity contribution >= 4 is 5.97 Å². The second kappa shape index (κ2) is 5.85. The molecule has 1 saturated carbocycles. The van der Waals surface area contributed by atoms with E-state index in [9.17, 15) is 9.90 Å². The Labute approximate surface area is 105 Å². The van der Waals surface area contributed by atoms with Gasteiger partial charge in [-0.1, -0.05) is 40.5 Å². The first-order valence-electron chi connectivity index (χ1n) is 6.95. The number of rotatable bonds is 5. The van der Waals surface area contributed by atoms with Crippen molar-refractivity contribution in [3.63, 3.8) is 0 Å². The van der Waals surface area contributed by atoms with E-state index in [-0.39, 0.29) is 5.92 Å². The maximum absolute atomic E-state index is 11.7. The fourth-order valence-electron chi connectivity index (χ4n) is 3.01. The van der Waals surface area contributed by atoms with Gasteiger partial charge >= 0.3 is 5.97 Å². The van der Waals surface area contributed by atoms with E-state index in [1.54, 1.807) is 0 Å². The van der Waals surface area contributed by atoms with Crippen LogP contribution in [-0.2, 0) is 4.79 Å². The van der Waals surface area contributed by atoms with Crippen LogP contribution in [-0.4, -0.2) is 22.7 Å². The molecule has 3 unspecified atom stereocenters. The molecule has 0 amide bonds. The molecule has 100 valence electrons. The largest absolute Gasteiger partial charge is 0.480 e. The van der Waals surface area contributed by atoms with Crippen molar-refractivity contribution < 1.29 is 9.90 Å². The Bertz CT molecular complexity index is 265. The molecule has 1 fully saturated rings. The molecule has 0 radical (unpaired) electrons. The van der Waals surface area contributed by atoms with Gasteiger partial charge in [-0.15, -0.1) is 0 Å². The second-order valence-electron chi connectivity index (χ2n) is 5.83. The fraction of sp³-hybridized carbons (Fsp3) is 0.929. The van der Waals surface area contributed by atoms with Gasteiger partial charge in [0.1, 0.15) is 5.54 Å². The average Bonchev–Trinajstić information content (AvgIpc) is 2.27. The van der Waals surface area contributed by atoms with Crippen LogP contribution >= 0.6 is 0 Å². The number of hydrogen-bond acceptors (Lipinski definition) is 2. The van der Waals surface area contributed by atoms with Gasteiger partial charge in [0.15, 0.2) is 0 Å². The lowest BCUT2D eigenvalue weighted by Gasteiger charge is -2.43. The predicted octanol–water partition coefficient (Wildman–Crippen LogP) is 3.04. The van der Waals surface area contributed by atoms with E-state index in [4.69, 9.17) is 0 Å². The molecule has 3 nitrogen and oxygen atoms in total. The van der Waals surface area contributed by atoms with Gasteiger partial charge in [-0.25, -0.2) is 0 Å². The average molecular weight is 241 g/mol. The molecule has 0 aromatic carbocycles. The molecule has 3 heteroatoms. The van der Waals surface area contributed by atoms with Gasteiger partial charge in [-0.2, -0.15) is 0 Å². The lowest BCUT2D eigenvalue weighted by molar-refractivity contribution is -0.149. The highest BCUT2D eigenvalue weighted by atomic mass is 16.4. The van der Waals surface area contributed by atoms with Crippen molar-refractivity contribution in [1.29, 1.82) is 0 Å². The second-order valence-corrected chi connectivity index (χ2v) is 5.83. The summed E-state index contributed by atoms with van der Waals surface area (Å²) in [4.78, 5) is 11.7. The van der Waals surface area contributed by atoms with Crippen molar-refractivity contribution in [3.8, 4) is 0 Å². The molecule has 0 aromatic rings. The summed E-state index contributed by atoms with van der Waals surface area (Å²) in [6, 6.07) is 0.298. The highest BCUT2D eigenvalue weighted by Gasteiger charge is 2.46. The van der Waals surface area contributed by atoms with Crippen LogP contribution in [0.2, 0.25) is 0 Å². The third-order valence-electron chi connectivity index (χ3n) is 4.37. The van der Waals surface area contributed by atoms with Crippen LogP contribution in [0.1, 0.15) is 59.8 Å². The number of carbonyl (C=O) groups is 1. The van der Waals surface area contributed by atoms with Crippen molar-refractivity contribution in [2.24, 2.45) is 11.8 Å². The Balaban J connectivity index is 2.87. The number of aliphatic carboxylic acids is 1. The summed E-state index contributed by atoms with van der Waals surface area (Å²) < 4.78 is 0. The summed E-state index contributed by atoms with van der Waals surface area (Å²) in [6.45, 7) is 8.52. The molecule has 1 rings (SSSR count). The fourth-order valence-corrected chi connectivity index (χ4v) is 3.01. The lowest BCUT2D eigenvalue weighted by Crippen LogP contribution is -2.61. The Morgan fingerprint density at radius 2 is 2.12 bits per heavy atom. The van der Waals surface area contributed by atoms with Gasteiger partial charge in [0.25, 0.3) is 0 Å². The first-order chi connectivity index (χ1) is 7.94. The number of carboxylic acids is 1. The van der Waals surface area contributed by atoms with Crippen molar-refractivity contribution in [2.75, 3.05) is 0 Å². The Hall–Kier alpha value is -0.570. The molecule has 0 heterocycles. The molecular formula is C14H27NO2. The molecule has 17 heavy (non-hydrogen) atoms. The van der Waals surface area contributed by atoms with E-state index < -0.39 is 11.5 Å². The van der Waals surface area contributed by atoms with Gasteiger partial charge < -0.3 is 5.11 Å². The molecule has 1 aliphatic carbocycles. The molecule has 0 aliphatic heterocycles. The van der Waals surface area contributed by atoms with Gasteiger partial charge in [0.2, 0.25) is 0 Å². The van der Waals surface area contributed by atoms with Gasteiger partial charge in [-0.05, 0) is 31.1 Å². The maximum Gasteiger partial charge on any atom is 0.324 e. The topological polar surface area (TPSA) is 49.3 Å². The minimum Gasteiger partial charge on any atom is -0.480 e. The zero-order valence-corrected chi connectivity index (χ0v) is 11.6. The van der Waals surface area contributed by atoms with Crippen molar-refractivity contribution in [3.05, 3.63) is 0 Å². The third-order valence-corrected chi connectivity index (χ3v) is 4.37. The predicted molar refractivity (Wildman–Crippen MR) is 70.1 cm³/mol. The van der Waals surface area contributed by atoms with E-state index in [2.05, 4.69) is 33.0 Å². The monoisotopic (exact) mass is 241 g/mol. The van der Waals surface area contributed by atoms with E-state index >= 15 is 0 Å². The zero-order chi connectivity index (χ0) is 13.1. The zero-order valence-electron chi connectivity index (χ0n) is 11.6. The minimum absolute atomic E-state index is 0.224. The van der Waals surface area contributed by atoms with Crippen LogP contribution in [0.4, 0.5) is 0 Å². The van der Waals surface area contributed by atoms with Crippen LogP contribution in [0.25, 0.3) is 0 Å². The van der Waals surface area contributed by atoms with Gasteiger partial charge in [0, 0.05) is 6.04 Å². The molecule has 2 N–H and O–H groups in total. The van der Waals surface area contributed by atoms with Crippen LogP contribution in [0.15, 0.2) is 0 Å². The summed E-state index contributed by atoms with van der Waals surface area (Å²) in [5.41, 5.74) is -0.691. The Morgan fingerprint density at radius 3 is 2.53 bits per heavy atom. The highest BCUT2D eigenvalue weighted by Crippen LogP contribution is 2.35. The van der Waals surface area contributed by atoms with E-state index in [1.807, 2.05) is 0 Å². The van der Waals surface area contributed by atoms with Crippen molar-refractivity contribution in [2.45, 2.75) is 71.4 Å². The maximum atomic E-state index is 11.7.